The Kier molecular flexibility index (Phi) is 6.50. The van der Waals surface area contributed by atoms with E-state index in [1.807, 2.05) is 18.3 Å². The Morgan fingerprint density at radius 3 is 2.76 bits per heavy atom. The number of pyridine rings is 1. The maximum absolute atomic E-state index is 5.89. The number of imidazole rings is 1. The number of aryl methyl sites for hydroxylation is 2. The third-order valence-corrected chi connectivity index (χ3v) is 4.00. The van der Waals surface area contributed by atoms with E-state index in [0.29, 0.717) is 5.88 Å². The van der Waals surface area contributed by atoms with Gasteiger partial charge in [0.2, 0.25) is 0 Å². The largest absolute Gasteiger partial charge is 0.313 e. The standard InChI is InChI=1S/C17H26ClN3/c1-14(2)8-5-3-4-6-13-21-16(10-11-18)20-15-9-7-12-19-17(15)21/h7,9,12,14H,3-6,8,10-11,13H2,1-2H3. The number of halogens is 1. The monoisotopic (exact) mass is 307 g/mol. The van der Waals surface area contributed by atoms with E-state index >= 15 is 0 Å². The fourth-order valence-corrected chi connectivity index (χ4v) is 2.86. The molecule has 0 aliphatic rings. The van der Waals surface area contributed by atoms with E-state index in [4.69, 9.17) is 11.6 Å². The summed E-state index contributed by atoms with van der Waals surface area (Å²) in [6.45, 7) is 5.59. The fraction of sp³-hybridized carbons (Fsp3) is 0.647. The topological polar surface area (TPSA) is 30.7 Å². The van der Waals surface area contributed by atoms with E-state index in [1.54, 1.807) is 0 Å². The summed E-state index contributed by atoms with van der Waals surface area (Å²) >= 11 is 5.89. The molecule has 0 spiro atoms. The van der Waals surface area contributed by atoms with Crippen molar-refractivity contribution in [3.05, 3.63) is 24.2 Å². The van der Waals surface area contributed by atoms with Crippen LogP contribution in [0.15, 0.2) is 18.3 Å². The molecule has 3 nitrogen and oxygen atoms in total. The van der Waals surface area contributed by atoms with Gasteiger partial charge in [0.25, 0.3) is 0 Å². The summed E-state index contributed by atoms with van der Waals surface area (Å²) in [5.41, 5.74) is 1.98. The lowest BCUT2D eigenvalue weighted by Gasteiger charge is -2.08. The molecule has 0 atom stereocenters. The summed E-state index contributed by atoms with van der Waals surface area (Å²) in [6, 6.07) is 3.97. The van der Waals surface area contributed by atoms with Crippen molar-refractivity contribution < 1.29 is 0 Å². The second kappa shape index (κ2) is 8.38. The molecular formula is C17H26ClN3. The Balaban J connectivity index is 1.92. The molecule has 0 radical (unpaired) electrons. The molecule has 0 N–H and O–H groups in total. The highest BCUT2D eigenvalue weighted by atomic mass is 35.5. The van der Waals surface area contributed by atoms with Gasteiger partial charge in [0.05, 0.1) is 0 Å². The zero-order valence-corrected chi connectivity index (χ0v) is 13.9. The smallest absolute Gasteiger partial charge is 0.159 e. The predicted octanol–water partition coefficient (Wildman–Crippen LogP) is 4.82. The number of rotatable bonds is 9. The molecule has 2 aromatic rings. The summed E-state index contributed by atoms with van der Waals surface area (Å²) in [5, 5.41) is 0. The van der Waals surface area contributed by atoms with Gasteiger partial charge in [0, 0.05) is 25.0 Å². The molecule has 2 heterocycles. The predicted molar refractivity (Wildman–Crippen MR) is 89.9 cm³/mol. The maximum atomic E-state index is 5.89. The minimum absolute atomic E-state index is 0.609. The molecular weight excluding hydrogens is 282 g/mol. The van der Waals surface area contributed by atoms with Crippen molar-refractivity contribution in [2.75, 3.05) is 5.88 Å². The highest BCUT2D eigenvalue weighted by Crippen LogP contribution is 2.16. The van der Waals surface area contributed by atoms with E-state index in [-0.39, 0.29) is 0 Å². The van der Waals surface area contributed by atoms with Gasteiger partial charge in [-0.3, -0.25) is 0 Å². The summed E-state index contributed by atoms with van der Waals surface area (Å²) in [7, 11) is 0. The molecule has 4 heteroatoms. The van der Waals surface area contributed by atoms with Crippen LogP contribution in [0.25, 0.3) is 11.2 Å². The van der Waals surface area contributed by atoms with Gasteiger partial charge < -0.3 is 4.57 Å². The van der Waals surface area contributed by atoms with Gasteiger partial charge >= 0.3 is 0 Å². The average Bonchev–Trinajstić information content (AvgIpc) is 2.80. The molecule has 2 rings (SSSR count). The lowest BCUT2D eigenvalue weighted by Crippen LogP contribution is -2.05. The molecule has 0 saturated heterocycles. The van der Waals surface area contributed by atoms with Crippen LogP contribution in [-0.2, 0) is 13.0 Å². The Bertz CT molecular complexity index is 548. The van der Waals surface area contributed by atoms with Crippen LogP contribution < -0.4 is 0 Å². The molecule has 0 aliphatic heterocycles. The van der Waals surface area contributed by atoms with Crippen LogP contribution in [0.3, 0.4) is 0 Å². The Morgan fingerprint density at radius 1 is 1.19 bits per heavy atom. The molecule has 2 aromatic heterocycles. The Morgan fingerprint density at radius 2 is 2.00 bits per heavy atom. The highest BCUT2D eigenvalue weighted by Gasteiger charge is 2.10. The van der Waals surface area contributed by atoms with E-state index < -0.39 is 0 Å². The molecule has 0 fully saturated rings. The summed E-state index contributed by atoms with van der Waals surface area (Å²) < 4.78 is 2.25. The normalized spacial score (nSPS) is 11.6. The number of hydrogen-bond donors (Lipinski definition) is 0. The van der Waals surface area contributed by atoms with Gasteiger partial charge in [-0.05, 0) is 24.5 Å². The third kappa shape index (κ3) is 4.70. The molecule has 0 amide bonds. The number of alkyl halides is 1. The quantitative estimate of drug-likeness (QED) is 0.491. The van der Waals surface area contributed by atoms with Crippen molar-refractivity contribution in [2.24, 2.45) is 5.92 Å². The molecule has 0 aliphatic carbocycles. The van der Waals surface area contributed by atoms with Crippen molar-refractivity contribution in [3.8, 4) is 0 Å². The first-order valence-electron chi connectivity index (χ1n) is 8.08. The molecule has 0 aromatic carbocycles. The van der Waals surface area contributed by atoms with E-state index in [0.717, 1.165) is 35.9 Å². The van der Waals surface area contributed by atoms with Crippen molar-refractivity contribution in [3.63, 3.8) is 0 Å². The lowest BCUT2D eigenvalue weighted by molar-refractivity contribution is 0.504. The van der Waals surface area contributed by atoms with Gasteiger partial charge in [-0.15, -0.1) is 11.6 Å². The fourth-order valence-electron chi connectivity index (χ4n) is 2.69. The summed E-state index contributed by atoms with van der Waals surface area (Å²) in [4.78, 5) is 9.14. The second-order valence-electron chi connectivity index (χ2n) is 6.06. The zero-order chi connectivity index (χ0) is 15.1. The summed E-state index contributed by atoms with van der Waals surface area (Å²) in [6.07, 6.45) is 9.12. The van der Waals surface area contributed by atoms with Gasteiger partial charge in [-0.1, -0.05) is 39.5 Å². The molecule has 0 bridgehead atoms. The third-order valence-electron chi connectivity index (χ3n) is 3.81. The first kappa shape index (κ1) is 16.3. The van der Waals surface area contributed by atoms with E-state index in [2.05, 4.69) is 28.4 Å². The maximum Gasteiger partial charge on any atom is 0.159 e. The first-order valence-corrected chi connectivity index (χ1v) is 8.62. The van der Waals surface area contributed by atoms with Crippen LogP contribution in [0, 0.1) is 5.92 Å². The van der Waals surface area contributed by atoms with Crippen LogP contribution in [-0.4, -0.2) is 20.4 Å². The van der Waals surface area contributed by atoms with Crippen molar-refractivity contribution in [2.45, 2.75) is 58.9 Å². The van der Waals surface area contributed by atoms with Crippen LogP contribution in [0.2, 0.25) is 0 Å². The molecule has 0 unspecified atom stereocenters. The Labute approximate surface area is 132 Å². The Hall–Kier alpha value is -1.09. The average molecular weight is 308 g/mol. The van der Waals surface area contributed by atoms with Crippen LogP contribution in [0.1, 0.15) is 51.8 Å². The zero-order valence-electron chi connectivity index (χ0n) is 13.2. The lowest BCUT2D eigenvalue weighted by atomic mass is 10.0. The second-order valence-corrected chi connectivity index (χ2v) is 6.44. The van der Waals surface area contributed by atoms with Gasteiger partial charge in [-0.25, -0.2) is 9.97 Å². The van der Waals surface area contributed by atoms with Gasteiger partial charge in [-0.2, -0.15) is 0 Å². The SMILES string of the molecule is CC(C)CCCCCCn1c(CCCl)nc2cccnc21. The van der Waals surface area contributed by atoms with E-state index in [9.17, 15) is 0 Å². The number of hydrogen-bond acceptors (Lipinski definition) is 2. The van der Waals surface area contributed by atoms with Crippen molar-refractivity contribution in [1.29, 1.82) is 0 Å². The number of fused-ring (bicyclic) bond motifs is 1. The first-order chi connectivity index (χ1) is 10.2. The minimum Gasteiger partial charge on any atom is -0.313 e. The van der Waals surface area contributed by atoms with Gasteiger partial charge in [0.15, 0.2) is 5.65 Å². The van der Waals surface area contributed by atoms with Crippen LogP contribution >= 0.6 is 11.6 Å². The number of aromatic nitrogens is 3. The highest BCUT2D eigenvalue weighted by molar-refractivity contribution is 6.17. The number of nitrogens with zero attached hydrogens (tertiary/aromatic N) is 3. The van der Waals surface area contributed by atoms with Crippen molar-refractivity contribution >= 4 is 22.8 Å². The molecule has 21 heavy (non-hydrogen) atoms. The minimum atomic E-state index is 0.609. The molecule has 116 valence electrons. The van der Waals surface area contributed by atoms with Gasteiger partial charge in [0.1, 0.15) is 11.3 Å². The van der Waals surface area contributed by atoms with Crippen molar-refractivity contribution in [1.82, 2.24) is 14.5 Å². The molecule has 0 saturated carbocycles. The summed E-state index contributed by atoms with van der Waals surface area (Å²) in [5.74, 6) is 2.50. The van der Waals surface area contributed by atoms with Crippen LogP contribution in [0.4, 0.5) is 0 Å². The van der Waals surface area contributed by atoms with Crippen LogP contribution in [0.5, 0.6) is 0 Å². The number of unbranched alkanes of at least 4 members (excludes halogenated alkanes) is 3. The van der Waals surface area contributed by atoms with E-state index in [1.165, 1.54) is 32.1 Å².